The third kappa shape index (κ3) is 4.14. The molecule has 0 aromatic heterocycles. The fourth-order valence-corrected chi connectivity index (χ4v) is 2.78. The van der Waals surface area contributed by atoms with Gasteiger partial charge in [0.2, 0.25) is 9.84 Å². The molecule has 0 saturated carbocycles. The van der Waals surface area contributed by atoms with E-state index in [0.717, 1.165) is 18.6 Å². The largest absolute Gasteiger partial charge is 0.381 e. The summed E-state index contributed by atoms with van der Waals surface area (Å²) in [6.45, 7) is 1.69. The zero-order chi connectivity index (χ0) is 16.2. The second-order valence-electron chi connectivity index (χ2n) is 4.90. The molecule has 1 heterocycles. The average Bonchev–Trinajstić information content (AvgIpc) is 2.98. The van der Waals surface area contributed by atoms with Crippen molar-refractivity contribution < 1.29 is 26.7 Å². The molecule has 1 aromatic rings. The van der Waals surface area contributed by atoms with Crippen LogP contribution in [0.25, 0.3) is 0 Å². The zero-order valence-corrected chi connectivity index (χ0v) is 12.4. The molecule has 9 heteroatoms. The highest BCUT2D eigenvalue weighted by atomic mass is 32.2. The van der Waals surface area contributed by atoms with Crippen LogP contribution in [-0.4, -0.2) is 40.0 Å². The SMILES string of the molecule is O=C(NC[C@H]1CCOC1)Nc1cccc(S(=O)(=O)C(F)F)c1. The van der Waals surface area contributed by atoms with Gasteiger partial charge in [0.1, 0.15) is 0 Å². The van der Waals surface area contributed by atoms with Gasteiger partial charge in [0.25, 0.3) is 0 Å². The first-order chi connectivity index (χ1) is 10.4. The Morgan fingerprint density at radius 1 is 1.41 bits per heavy atom. The van der Waals surface area contributed by atoms with Gasteiger partial charge in [0.05, 0.1) is 11.5 Å². The maximum atomic E-state index is 12.5. The van der Waals surface area contributed by atoms with Crippen molar-refractivity contribution in [1.82, 2.24) is 5.32 Å². The van der Waals surface area contributed by atoms with E-state index in [1.165, 1.54) is 12.1 Å². The monoisotopic (exact) mass is 334 g/mol. The van der Waals surface area contributed by atoms with Gasteiger partial charge in [0.15, 0.2) is 0 Å². The number of alkyl halides is 2. The van der Waals surface area contributed by atoms with Crippen molar-refractivity contribution in [2.24, 2.45) is 5.92 Å². The van der Waals surface area contributed by atoms with Crippen LogP contribution in [0.3, 0.4) is 0 Å². The minimum Gasteiger partial charge on any atom is -0.381 e. The van der Waals surface area contributed by atoms with Crippen molar-refractivity contribution in [2.45, 2.75) is 17.1 Å². The zero-order valence-electron chi connectivity index (χ0n) is 11.6. The Hall–Kier alpha value is -1.74. The summed E-state index contributed by atoms with van der Waals surface area (Å²) in [6, 6.07) is 4.23. The van der Waals surface area contributed by atoms with E-state index in [2.05, 4.69) is 10.6 Å². The third-order valence-electron chi connectivity index (χ3n) is 3.23. The molecule has 1 fully saturated rings. The van der Waals surface area contributed by atoms with Crippen molar-refractivity contribution in [1.29, 1.82) is 0 Å². The Kier molecular flexibility index (Phi) is 5.30. The van der Waals surface area contributed by atoms with Gasteiger partial charge in [-0.05, 0) is 24.6 Å². The predicted octanol–water partition coefficient (Wildman–Crippen LogP) is 1.84. The van der Waals surface area contributed by atoms with Crippen LogP contribution in [0.5, 0.6) is 0 Å². The van der Waals surface area contributed by atoms with Crippen molar-refractivity contribution in [3.05, 3.63) is 24.3 Å². The number of sulfone groups is 1. The van der Waals surface area contributed by atoms with E-state index in [0.29, 0.717) is 19.8 Å². The van der Waals surface area contributed by atoms with Crippen LogP contribution in [0.15, 0.2) is 29.2 Å². The van der Waals surface area contributed by atoms with Crippen molar-refractivity contribution in [3.63, 3.8) is 0 Å². The normalized spacial score (nSPS) is 18.4. The number of halogens is 2. The standard InChI is InChI=1S/C13H16F2N2O4S/c14-12(15)22(19,20)11-3-1-2-10(6-11)17-13(18)16-7-9-4-5-21-8-9/h1-3,6,9,12H,4-5,7-8H2,(H2,16,17,18)/t9-/m1/s1. The van der Waals surface area contributed by atoms with Gasteiger partial charge in [-0.15, -0.1) is 0 Å². The molecule has 1 saturated heterocycles. The number of nitrogens with one attached hydrogen (secondary N) is 2. The highest BCUT2D eigenvalue weighted by Gasteiger charge is 2.26. The molecule has 2 N–H and O–H groups in total. The first-order valence-electron chi connectivity index (χ1n) is 6.64. The van der Waals surface area contributed by atoms with Crippen LogP contribution in [0.1, 0.15) is 6.42 Å². The van der Waals surface area contributed by atoms with Crippen molar-refractivity contribution >= 4 is 21.6 Å². The number of urea groups is 1. The minimum absolute atomic E-state index is 0.127. The van der Waals surface area contributed by atoms with E-state index in [9.17, 15) is 22.0 Å². The van der Waals surface area contributed by atoms with E-state index in [-0.39, 0.29) is 11.6 Å². The minimum atomic E-state index is -4.68. The fourth-order valence-electron chi connectivity index (χ4n) is 2.01. The lowest BCUT2D eigenvalue weighted by Gasteiger charge is -2.11. The molecule has 2 rings (SSSR count). The van der Waals surface area contributed by atoms with Crippen LogP contribution in [-0.2, 0) is 14.6 Å². The Morgan fingerprint density at radius 2 is 2.18 bits per heavy atom. The second kappa shape index (κ2) is 7.01. The molecule has 0 aliphatic carbocycles. The maximum Gasteiger partial charge on any atom is 0.341 e. The molecule has 1 aliphatic heterocycles. The fraction of sp³-hybridized carbons (Fsp3) is 0.462. The molecule has 1 aliphatic rings. The average molecular weight is 334 g/mol. The summed E-state index contributed by atoms with van der Waals surface area (Å²) >= 11 is 0. The summed E-state index contributed by atoms with van der Waals surface area (Å²) in [5, 5.41) is 5.04. The molecular formula is C13H16F2N2O4S. The summed E-state index contributed by atoms with van der Waals surface area (Å²) in [5.74, 6) is -3.25. The molecule has 2 amide bonds. The van der Waals surface area contributed by atoms with Gasteiger partial charge >= 0.3 is 11.8 Å². The van der Waals surface area contributed by atoms with Gasteiger partial charge in [-0.1, -0.05) is 6.07 Å². The molecule has 0 bridgehead atoms. The van der Waals surface area contributed by atoms with E-state index in [4.69, 9.17) is 4.74 Å². The molecule has 6 nitrogen and oxygen atoms in total. The number of carbonyl (C=O) groups is 1. The highest BCUT2D eigenvalue weighted by molar-refractivity contribution is 7.91. The summed E-state index contributed by atoms with van der Waals surface area (Å²) in [6.07, 6.45) is 0.863. The summed E-state index contributed by atoms with van der Waals surface area (Å²) in [5.41, 5.74) is 0.127. The Labute approximate surface area is 126 Å². The number of carbonyl (C=O) groups excluding carboxylic acids is 1. The first-order valence-corrected chi connectivity index (χ1v) is 8.19. The van der Waals surface area contributed by atoms with Crippen LogP contribution in [0.2, 0.25) is 0 Å². The number of anilines is 1. The molecule has 122 valence electrons. The van der Waals surface area contributed by atoms with Crippen LogP contribution >= 0.6 is 0 Å². The van der Waals surface area contributed by atoms with E-state index in [1.807, 2.05) is 0 Å². The third-order valence-corrected chi connectivity index (χ3v) is 4.61. The molecule has 1 aromatic carbocycles. The van der Waals surface area contributed by atoms with Crippen LogP contribution in [0.4, 0.5) is 19.3 Å². The number of benzene rings is 1. The second-order valence-corrected chi connectivity index (χ2v) is 6.82. The quantitative estimate of drug-likeness (QED) is 0.860. The number of hydrogen-bond donors (Lipinski definition) is 2. The molecular weight excluding hydrogens is 318 g/mol. The lowest BCUT2D eigenvalue weighted by molar-refractivity contribution is 0.185. The highest BCUT2D eigenvalue weighted by Crippen LogP contribution is 2.21. The Balaban J connectivity index is 1.96. The Morgan fingerprint density at radius 3 is 2.82 bits per heavy atom. The lowest BCUT2D eigenvalue weighted by atomic mass is 10.1. The number of ether oxygens (including phenoxy) is 1. The number of rotatable bonds is 5. The van der Waals surface area contributed by atoms with Crippen molar-refractivity contribution in [2.75, 3.05) is 25.1 Å². The summed E-state index contributed by atoms with van der Waals surface area (Å²) in [7, 11) is -4.68. The predicted molar refractivity (Wildman–Crippen MR) is 75.6 cm³/mol. The van der Waals surface area contributed by atoms with Gasteiger partial charge < -0.3 is 15.4 Å². The number of amides is 2. The topological polar surface area (TPSA) is 84.5 Å². The number of hydrogen-bond acceptors (Lipinski definition) is 4. The van der Waals surface area contributed by atoms with E-state index in [1.54, 1.807) is 0 Å². The van der Waals surface area contributed by atoms with E-state index >= 15 is 0 Å². The molecule has 0 radical (unpaired) electrons. The van der Waals surface area contributed by atoms with Crippen LogP contribution in [0, 0.1) is 5.92 Å². The maximum absolute atomic E-state index is 12.5. The van der Waals surface area contributed by atoms with Gasteiger partial charge in [-0.25, -0.2) is 13.2 Å². The van der Waals surface area contributed by atoms with Crippen LogP contribution < -0.4 is 10.6 Å². The Bertz CT molecular complexity index is 631. The first kappa shape index (κ1) is 16.6. The van der Waals surface area contributed by atoms with E-state index < -0.39 is 26.5 Å². The lowest BCUT2D eigenvalue weighted by Crippen LogP contribution is -2.33. The molecule has 1 atom stereocenters. The van der Waals surface area contributed by atoms with Crippen molar-refractivity contribution in [3.8, 4) is 0 Å². The van der Waals surface area contributed by atoms with Gasteiger partial charge in [-0.2, -0.15) is 8.78 Å². The smallest absolute Gasteiger partial charge is 0.341 e. The van der Waals surface area contributed by atoms with Gasteiger partial charge in [0, 0.05) is 24.8 Å². The summed E-state index contributed by atoms with van der Waals surface area (Å²) in [4.78, 5) is 11.2. The molecule has 22 heavy (non-hydrogen) atoms. The summed E-state index contributed by atoms with van der Waals surface area (Å²) < 4.78 is 52.9. The van der Waals surface area contributed by atoms with Gasteiger partial charge in [-0.3, -0.25) is 0 Å². The molecule has 0 unspecified atom stereocenters. The molecule has 0 spiro atoms.